The Balaban J connectivity index is 2.04. The second-order valence-electron chi connectivity index (χ2n) is 3.40. The molecule has 6 heteroatoms. The normalized spacial score (nSPS) is 16.3. The summed E-state index contributed by atoms with van der Waals surface area (Å²) in [6, 6.07) is 0. The Bertz CT molecular complexity index is 373. The van der Waals surface area contributed by atoms with E-state index in [1.807, 2.05) is 0 Å². The Morgan fingerprint density at radius 2 is 2.53 bits per heavy atom. The Morgan fingerprint density at radius 3 is 3.07 bits per heavy atom. The lowest BCUT2D eigenvalue weighted by molar-refractivity contribution is 0.0455. The predicted octanol–water partition coefficient (Wildman–Crippen LogP) is 0.750. The molecule has 5 nitrogen and oxygen atoms in total. The van der Waals surface area contributed by atoms with E-state index >= 15 is 0 Å². The van der Waals surface area contributed by atoms with Gasteiger partial charge in [-0.2, -0.15) is 5.10 Å². The third-order valence-corrected chi connectivity index (χ3v) is 3.54. The second kappa shape index (κ2) is 4.24. The zero-order chi connectivity index (χ0) is 10.8. The Kier molecular flexibility index (Phi) is 2.97. The number of aromatic nitrogens is 2. The van der Waals surface area contributed by atoms with Crippen molar-refractivity contribution in [3.05, 3.63) is 17.5 Å². The SMILES string of the molecule is Cn1ncc(C(=O)O)c1CSC1COC1. The smallest absolute Gasteiger partial charge is 0.339 e. The fourth-order valence-corrected chi connectivity index (χ4v) is 2.44. The summed E-state index contributed by atoms with van der Waals surface area (Å²) in [7, 11) is 1.76. The van der Waals surface area contributed by atoms with Crippen LogP contribution in [0.4, 0.5) is 0 Å². The number of rotatable bonds is 4. The Hall–Kier alpha value is -1.01. The lowest BCUT2D eigenvalue weighted by atomic mass is 10.3. The monoisotopic (exact) mass is 228 g/mol. The van der Waals surface area contributed by atoms with Crippen LogP contribution in [-0.2, 0) is 17.5 Å². The molecule has 0 aliphatic carbocycles. The van der Waals surface area contributed by atoms with Crippen LogP contribution in [0.2, 0.25) is 0 Å². The minimum absolute atomic E-state index is 0.297. The molecule has 1 aliphatic rings. The van der Waals surface area contributed by atoms with Crippen molar-refractivity contribution < 1.29 is 14.6 Å². The molecule has 2 rings (SSSR count). The molecule has 0 amide bonds. The first-order chi connectivity index (χ1) is 7.18. The molecule has 0 radical (unpaired) electrons. The fraction of sp³-hybridized carbons (Fsp3) is 0.556. The molecule has 82 valence electrons. The Morgan fingerprint density at radius 1 is 1.80 bits per heavy atom. The highest BCUT2D eigenvalue weighted by atomic mass is 32.2. The summed E-state index contributed by atoms with van der Waals surface area (Å²) in [6.07, 6.45) is 1.40. The topological polar surface area (TPSA) is 64.4 Å². The summed E-state index contributed by atoms with van der Waals surface area (Å²) in [5, 5.41) is 13.4. The molecular formula is C9H12N2O3S. The minimum atomic E-state index is -0.913. The first kappa shape index (κ1) is 10.5. The molecule has 0 spiro atoms. The maximum Gasteiger partial charge on any atom is 0.339 e. The van der Waals surface area contributed by atoms with Gasteiger partial charge in [0.2, 0.25) is 0 Å². The number of hydrogen-bond acceptors (Lipinski definition) is 4. The van der Waals surface area contributed by atoms with Crippen LogP contribution in [0.15, 0.2) is 6.20 Å². The van der Waals surface area contributed by atoms with Gasteiger partial charge in [0.15, 0.2) is 0 Å². The highest BCUT2D eigenvalue weighted by Gasteiger charge is 2.21. The largest absolute Gasteiger partial charge is 0.478 e. The summed E-state index contributed by atoms with van der Waals surface area (Å²) < 4.78 is 6.67. The van der Waals surface area contributed by atoms with Gasteiger partial charge in [0.1, 0.15) is 5.56 Å². The van der Waals surface area contributed by atoms with Gasteiger partial charge in [-0.25, -0.2) is 4.79 Å². The maximum atomic E-state index is 10.9. The number of thioether (sulfide) groups is 1. The van der Waals surface area contributed by atoms with E-state index in [0.29, 0.717) is 16.6 Å². The molecule has 1 aromatic rings. The van der Waals surface area contributed by atoms with Crippen LogP contribution in [0.1, 0.15) is 16.1 Å². The molecule has 0 saturated carbocycles. The van der Waals surface area contributed by atoms with Gasteiger partial charge in [-0.15, -0.1) is 11.8 Å². The van der Waals surface area contributed by atoms with Crippen LogP contribution >= 0.6 is 11.8 Å². The molecule has 0 atom stereocenters. The zero-order valence-corrected chi connectivity index (χ0v) is 9.16. The number of aryl methyl sites for hydroxylation is 1. The number of aromatic carboxylic acids is 1. The third kappa shape index (κ3) is 2.15. The number of carboxylic acid groups (broad SMARTS) is 1. The molecule has 1 N–H and O–H groups in total. The number of carboxylic acids is 1. The van der Waals surface area contributed by atoms with Gasteiger partial charge in [-0.1, -0.05) is 0 Å². The van der Waals surface area contributed by atoms with E-state index < -0.39 is 5.97 Å². The molecule has 0 aromatic carbocycles. The highest BCUT2D eigenvalue weighted by molar-refractivity contribution is 7.99. The Labute approximate surface area is 91.4 Å². The molecule has 0 bridgehead atoms. The van der Waals surface area contributed by atoms with Gasteiger partial charge >= 0.3 is 5.97 Å². The van der Waals surface area contributed by atoms with Gasteiger partial charge in [0.05, 0.1) is 30.4 Å². The van der Waals surface area contributed by atoms with Crippen LogP contribution in [0, 0.1) is 0 Å². The molecule has 0 unspecified atom stereocenters. The van der Waals surface area contributed by atoms with Crippen LogP contribution in [-0.4, -0.2) is 39.3 Å². The standard InChI is InChI=1S/C9H12N2O3S/c1-11-8(5-15-6-3-14-4-6)7(2-10-11)9(12)13/h2,6H,3-5H2,1H3,(H,12,13). The number of carbonyl (C=O) groups is 1. The lowest BCUT2D eigenvalue weighted by Crippen LogP contribution is -2.30. The van der Waals surface area contributed by atoms with Crippen LogP contribution in [0.3, 0.4) is 0 Å². The van der Waals surface area contributed by atoms with Crippen molar-refractivity contribution in [1.82, 2.24) is 9.78 Å². The summed E-state index contributed by atoms with van der Waals surface area (Å²) in [4.78, 5) is 10.9. The van der Waals surface area contributed by atoms with Crippen molar-refractivity contribution in [2.75, 3.05) is 13.2 Å². The first-order valence-electron chi connectivity index (χ1n) is 4.62. The fourth-order valence-electron chi connectivity index (χ4n) is 1.32. The van der Waals surface area contributed by atoms with E-state index in [9.17, 15) is 4.79 Å². The van der Waals surface area contributed by atoms with E-state index in [1.165, 1.54) is 6.20 Å². The minimum Gasteiger partial charge on any atom is -0.478 e. The highest BCUT2D eigenvalue weighted by Crippen LogP contribution is 2.24. The van der Waals surface area contributed by atoms with Crippen molar-refractivity contribution in [3.8, 4) is 0 Å². The van der Waals surface area contributed by atoms with E-state index in [-0.39, 0.29) is 0 Å². The molecule has 1 saturated heterocycles. The predicted molar refractivity (Wildman–Crippen MR) is 56.1 cm³/mol. The van der Waals surface area contributed by atoms with Gasteiger partial charge in [0.25, 0.3) is 0 Å². The number of ether oxygens (including phenoxy) is 1. The quantitative estimate of drug-likeness (QED) is 0.823. The van der Waals surface area contributed by atoms with Crippen molar-refractivity contribution >= 4 is 17.7 Å². The molecule has 1 aliphatic heterocycles. The molecular weight excluding hydrogens is 216 g/mol. The van der Waals surface area contributed by atoms with Crippen molar-refractivity contribution in [3.63, 3.8) is 0 Å². The van der Waals surface area contributed by atoms with E-state index in [2.05, 4.69) is 5.10 Å². The average Bonchev–Trinajstić information content (AvgIpc) is 2.45. The van der Waals surface area contributed by atoms with E-state index in [1.54, 1.807) is 23.5 Å². The molecule has 1 aromatic heterocycles. The van der Waals surface area contributed by atoms with Crippen LogP contribution < -0.4 is 0 Å². The summed E-state index contributed by atoms with van der Waals surface area (Å²) in [5.41, 5.74) is 1.06. The van der Waals surface area contributed by atoms with Crippen molar-refractivity contribution in [2.45, 2.75) is 11.0 Å². The summed E-state index contributed by atoms with van der Waals surface area (Å²) in [5.74, 6) is -0.241. The lowest BCUT2D eigenvalue weighted by Gasteiger charge is -2.25. The van der Waals surface area contributed by atoms with Gasteiger partial charge in [0, 0.05) is 12.8 Å². The van der Waals surface area contributed by atoms with Crippen LogP contribution in [0.5, 0.6) is 0 Å². The second-order valence-corrected chi connectivity index (χ2v) is 4.69. The number of nitrogens with zero attached hydrogens (tertiary/aromatic N) is 2. The summed E-state index contributed by atoms with van der Waals surface area (Å²) >= 11 is 1.72. The van der Waals surface area contributed by atoms with Crippen molar-refractivity contribution in [1.29, 1.82) is 0 Å². The van der Waals surface area contributed by atoms with Crippen LogP contribution in [0.25, 0.3) is 0 Å². The molecule has 15 heavy (non-hydrogen) atoms. The van der Waals surface area contributed by atoms with E-state index in [0.717, 1.165) is 18.9 Å². The van der Waals surface area contributed by atoms with Gasteiger partial charge in [-0.3, -0.25) is 4.68 Å². The maximum absolute atomic E-state index is 10.9. The molecule has 2 heterocycles. The zero-order valence-electron chi connectivity index (χ0n) is 8.34. The van der Waals surface area contributed by atoms with Crippen molar-refractivity contribution in [2.24, 2.45) is 7.05 Å². The van der Waals surface area contributed by atoms with Gasteiger partial charge in [-0.05, 0) is 0 Å². The molecule has 1 fully saturated rings. The first-order valence-corrected chi connectivity index (χ1v) is 5.67. The average molecular weight is 228 g/mol. The van der Waals surface area contributed by atoms with E-state index in [4.69, 9.17) is 9.84 Å². The number of hydrogen-bond donors (Lipinski definition) is 1. The summed E-state index contributed by atoms with van der Waals surface area (Å²) in [6.45, 7) is 1.54. The third-order valence-electron chi connectivity index (χ3n) is 2.36. The van der Waals surface area contributed by atoms with Gasteiger partial charge < -0.3 is 9.84 Å².